The number of carbonyl (C=O) groups is 1. The van der Waals surface area contributed by atoms with E-state index in [0.717, 1.165) is 5.56 Å². The summed E-state index contributed by atoms with van der Waals surface area (Å²) in [5.74, 6) is -0.622. The summed E-state index contributed by atoms with van der Waals surface area (Å²) in [6.45, 7) is 3.42. The van der Waals surface area contributed by atoms with Crippen molar-refractivity contribution in [1.82, 2.24) is 0 Å². The van der Waals surface area contributed by atoms with E-state index in [1.165, 1.54) is 19.2 Å². The summed E-state index contributed by atoms with van der Waals surface area (Å²) in [6.07, 6.45) is -0.215. The molecule has 0 aliphatic heterocycles. The highest BCUT2D eigenvalue weighted by Gasteiger charge is 2.19. The Bertz CT molecular complexity index is 1100. The number of fused-ring (bicyclic) bond motifs is 1. The summed E-state index contributed by atoms with van der Waals surface area (Å²) in [5, 5.41) is 0.795. The average molecular weight is 405 g/mol. The third-order valence-electron chi connectivity index (χ3n) is 4.47. The number of esters is 1. The lowest BCUT2D eigenvalue weighted by molar-refractivity contribution is -0.139. The molecule has 5 nitrogen and oxygen atoms in total. The van der Waals surface area contributed by atoms with Gasteiger partial charge in [-0.3, -0.25) is 4.79 Å². The van der Waals surface area contributed by atoms with Crippen molar-refractivity contribution >= 4 is 28.5 Å². The maximum absolute atomic E-state index is 14.0. The zero-order valence-corrected chi connectivity index (χ0v) is 16.4. The van der Waals surface area contributed by atoms with Crippen LogP contribution in [0.2, 0.25) is 5.02 Å². The topological polar surface area (TPSA) is 65.7 Å². The molecule has 146 valence electrons. The smallest absolute Gasteiger partial charge is 0.340 e. The van der Waals surface area contributed by atoms with Gasteiger partial charge < -0.3 is 13.9 Å². The Hall–Kier alpha value is -2.86. The molecule has 3 rings (SSSR count). The summed E-state index contributed by atoms with van der Waals surface area (Å²) in [7, 11) is 1.25. The van der Waals surface area contributed by atoms with Crippen molar-refractivity contribution < 1.29 is 23.1 Å². The molecule has 0 atom stereocenters. The first-order valence-corrected chi connectivity index (χ1v) is 8.89. The van der Waals surface area contributed by atoms with Crippen LogP contribution in [0.5, 0.6) is 5.75 Å². The van der Waals surface area contributed by atoms with Gasteiger partial charge in [-0.2, -0.15) is 0 Å². The van der Waals surface area contributed by atoms with Gasteiger partial charge in [0.25, 0.3) is 0 Å². The third-order valence-corrected chi connectivity index (χ3v) is 4.82. The van der Waals surface area contributed by atoms with Gasteiger partial charge in [-0.25, -0.2) is 9.18 Å². The number of benzene rings is 2. The van der Waals surface area contributed by atoms with E-state index in [4.69, 9.17) is 20.8 Å². The average Bonchev–Trinajstić information content (AvgIpc) is 2.63. The van der Waals surface area contributed by atoms with Gasteiger partial charge >= 0.3 is 11.6 Å². The molecule has 0 unspecified atom stereocenters. The number of aryl methyl sites for hydroxylation is 2. The van der Waals surface area contributed by atoms with Crippen LogP contribution in [0.15, 0.2) is 39.5 Å². The van der Waals surface area contributed by atoms with E-state index in [2.05, 4.69) is 4.74 Å². The fraction of sp³-hybridized carbons (Fsp3) is 0.238. The summed E-state index contributed by atoms with van der Waals surface area (Å²) < 4.78 is 29.9. The minimum atomic E-state index is -0.607. The minimum Gasteiger partial charge on any atom is -0.488 e. The molecule has 28 heavy (non-hydrogen) atoms. The van der Waals surface area contributed by atoms with Crippen molar-refractivity contribution in [3.05, 3.63) is 73.8 Å². The molecule has 0 saturated heterocycles. The molecule has 1 aromatic heterocycles. The van der Waals surface area contributed by atoms with Crippen LogP contribution in [0, 0.1) is 19.7 Å². The lowest BCUT2D eigenvalue weighted by Crippen LogP contribution is -2.16. The van der Waals surface area contributed by atoms with E-state index in [1.54, 1.807) is 25.1 Å². The molecule has 0 saturated carbocycles. The monoisotopic (exact) mass is 404 g/mol. The van der Waals surface area contributed by atoms with Gasteiger partial charge in [0.2, 0.25) is 0 Å². The Balaban J connectivity index is 2.10. The highest BCUT2D eigenvalue weighted by molar-refractivity contribution is 6.31. The molecule has 1 heterocycles. The summed E-state index contributed by atoms with van der Waals surface area (Å²) in [4.78, 5) is 24.0. The first kappa shape index (κ1) is 19.9. The molecule has 0 bridgehead atoms. The molecule has 2 aromatic carbocycles. The second-order valence-corrected chi connectivity index (χ2v) is 6.78. The van der Waals surface area contributed by atoms with Crippen LogP contribution >= 0.6 is 11.6 Å². The Morgan fingerprint density at radius 2 is 1.96 bits per heavy atom. The number of hydrogen-bond donors (Lipinski definition) is 0. The quantitative estimate of drug-likeness (QED) is 0.463. The Morgan fingerprint density at radius 1 is 1.21 bits per heavy atom. The van der Waals surface area contributed by atoms with E-state index >= 15 is 0 Å². The maximum atomic E-state index is 14.0. The fourth-order valence-electron chi connectivity index (χ4n) is 2.99. The van der Waals surface area contributed by atoms with Gasteiger partial charge in [-0.15, -0.1) is 0 Å². The third kappa shape index (κ3) is 3.87. The lowest BCUT2D eigenvalue weighted by atomic mass is 10.0. The SMILES string of the molecule is COC(=O)Cc1c(C)c2c(OCc3c(F)cccc3Cl)cc(C)cc2oc1=O. The van der Waals surface area contributed by atoms with Gasteiger partial charge in [0.05, 0.1) is 29.5 Å². The first-order valence-electron chi connectivity index (χ1n) is 8.51. The van der Waals surface area contributed by atoms with Gasteiger partial charge in [0.15, 0.2) is 0 Å². The summed E-state index contributed by atoms with van der Waals surface area (Å²) in [5.41, 5.74) is 1.48. The lowest BCUT2D eigenvalue weighted by Gasteiger charge is -2.14. The second kappa shape index (κ2) is 8.02. The largest absolute Gasteiger partial charge is 0.488 e. The van der Waals surface area contributed by atoms with Crippen molar-refractivity contribution in [1.29, 1.82) is 0 Å². The normalized spacial score (nSPS) is 10.9. The van der Waals surface area contributed by atoms with Crippen molar-refractivity contribution in [2.24, 2.45) is 0 Å². The zero-order valence-electron chi connectivity index (χ0n) is 15.6. The zero-order chi connectivity index (χ0) is 20.4. The summed E-state index contributed by atoms with van der Waals surface area (Å²) in [6, 6.07) is 7.86. The Kier molecular flexibility index (Phi) is 5.70. The number of rotatable bonds is 5. The van der Waals surface area contributed by atoms with Crippen LogP contribution in [0.1, 0.15) is 22.3 Å². The van der Waals surface area contributed by atoms with Crippen LogP contribution in [0.25, 0.3) is 11.0 Å². The van der Waals surface area contributed by atoms with E-state index in [0.29, 0.717) is 22.3 Å². The predicted molar refractivity (Wildman–Crippen MR) is 103 cm³/mol. The molecule has 0 amide bonds. The highest BCUT2D eigenvalue weighted by atomic mass is 35.5. The predicted octanol–water partition coefficient (Wildman–Crippen LogP) is 4.50. The molecule has 0 radical (unpaired) electrons. The molecule has 0 aliphatic rings. The second-order valence-electron chi connectivity index (χ2n) is 6.37. The van der Waals surface area contributed by atoms with Crippen LogP contribution in [0.4, 0.5) is 4.39 Å². The van der Waals surface area contributed by atoms with Gasteiger partial charge in [0, 0.05) is 5.56 Å². The molecular formula is C21H18ClFO5. The Morgan fingerprint density at radius 3 is 2.64 bits per heavy atom. The standard InChI is InChI=1S/C21H18ClFO5/c1-11-7-17(27-10-14-15(22)5-4-6-16(14)23)20-12(2)13(9-19(24)26-3)21(25)28-18(20)8-11/h4-8H,9-10H2,1-3H3. The highest BCUT2D eigenvalue weighted by Crippen LogP contribution is 2.32. The van der Waals surface area contributed by atoms with Crippen LogP contribution in [-0.2, 0) is 22.6 Å². The van der Waals surface area contributed by atoms with Crippen molar-refractivity contribution in [2.75, 3.05) is 7.11 Å². The van der Waals surface area contributed by atoms with Crippen LogP contribution in [-0.4, -0.2) is 13.1 Å². The number of methoxy groups -OCH3 is 1. The molecule has 0 aliphatic carbocycles. The number of ether oxygens (including phenoxy) is 2. The molecule has 0 spiro atoms. The van der Waals surface area contributed by atoms with Gasteiger partial charge in [-0.1, -0.05) is 17.7 Å². The van der Waals surface area contributed by atoms with Crippen molar-refractivity contribution in [3.8, 4) is 5.75 Å². The summed E-state index contributed by atoms with van der Waals surface area (Å²) >= 11 is 6.06. The number of carbonyl (C=O) groups excluding carboxylic acids is 1. The van der Waals surface area contributed by atoms with Gasteiger partial charge in [-0.05, 0) is 49.2 Å². The minimum absolute atomic E-state index is 0.102. The molecule has 3 aromatic rings. The molecule has 0 fully saturated rings. The molecule has 0 N–H and O–H groups in total. The van der Waals surface area contributed by atoms with E-state index < -0.39 is 17.4 Å². The fourth-order valence-corrected chi connectivity index (χ4v) is 3.21. The Labute approximate surface area is 165 Å². The van der Waals surface area contributed by atoms with E-state index in [-0.39, 0.29) is 29.2 Å². The maximum Gasteiger partial charge on any atom is 0.340 e. The number of halogens is 2. The van der Waals surface area contributed by atoms with Crippen molar-refractivity contribution in [2.45, 2.75) is 26.9 Å². The number of hydrogen-bond acceptors (Lipinski definition) is 5. The van der Waals surface area contributed by atoms with Crippen LogP contribution < -0.4 is 10.4 Å². The van der Waals surface area contributed by atoms with E-state index in [9.17, 15) is 14.0 Å². The molecule has 7 heteroatoms. The van der Waals surface area contributed by atoms with Crippen molar-refractivity contribution in [3.63, 3.8) is 0 Å². The first-order chi connectivity index (χ1) is 13.3. The van der Waals surface area contributed by atoms with Gasteiger partial charge in [0.1, 0.15) is 23.8 Å². The molecular weight excluding hydrogens is 387 g/mol. The van der Waals surface area contributed by atoms with Crippen LogP contribution in [0.3, 0.4) is 0 Å². The van der Waals surface area contributed by atoms with E-state index in [1.807, 2.05) is 6.92 Å².